The first kappa shape index (κ1) is 27.6. The average Bonchev–Trinajstić information content (AvgIpc) is 2.89. The number of rotatable bonds is 10. The first-order valence-electron chi connectivity index (χ1n) is 10.9. The normalized spacial score (nSPS) is 11.0. The summed E-state index contributed by atoms with van der Waals surface area (Å²) < 4.78 is 33.7. The van der Waals surface area contributed by atoms with Gasteiger partial charge in [0.05, 0.1) is 10.6 Å². The molecule has 9 heteroatoms. The Morgan fingerprint density at radius 1 is 0.833 bits per heavy atom. The third-order valence-electron chi connectivity index (χ3n) is 5.27. The molecule has 0 saturated carbocycles. The van der Waals surface area contributed by atoms with Crippen molar-refractivity contribution in [1.29, 1.82) is 0 Å². The Morgan fingerprint density at radius 2 is 1.53 bits per heavy atom. The summed E-state index contributed by atoms with van der Waals surface area (Å²) in [5.74, 6) is -0.723. The van der Waals surface area contributed by atoms with Crippen LogP contribution in [0, 0.1) is 0 Å². The maximum absolute atomic E-state index is 13.5. The van der Waals surface area contributed by atoms with Gasteiger partial charge in [0.2, 0.25) is 10.0 Å². The summed E-state index contributed by atoms with van der Waals surface area (Å²) in [6.07, 6.45) is 1.73. The van der Waals surface area contributed by atoms with Crippen molar-refractivity contribution in [2.24, 2.45) is 0 Å². The number of hydrogen-bond donors (Lipinski definition) is 1. The fourth-order valence-electron chi connectivity index (χ4n) is 3.57. The van der Waals surface area contributed by atoms with E-state index in [-0.39, 0.29) is 47.5 Å². The molecule has 0 atom stereocenters. The zero-order chi connectivity index (χ0) is 24.7. The Morgan fingerprint density at radius 3 is 2.19 bits per heavy atom. The number of carboxylic acid groups (broad SMARTS) is 1. The molecule has 1 heterocycles. The van der Waals surface area contributed by atoms with Crippen molar-refractivity contribution in [2.75, 3.05) is 6.61 Å². The SMILES string of the molecule is O=C(O)COc1cccc(CN(Cc2ccc(-c3ccccn3)cc2)S(=O)(=O)c2ccccc2)c1.[Na]. The maximum Gasteiger partial charge on any atom is 0.341 e. The van der Waals surface area contributed by atoms with Crippen molar-refractivity contribution < 1.29 is 23.1 Å². The zero-order valence-electron chi connectivity index (χ0n) is 19.8. The van der Waals surface area contributed by atoms with Gasteiger partial charge in [0.1, 0.15) is 5.75 Å². The van der Waals surface area contributed by atoms with Crippen LogP contribution in [-0.4, -0.2) is 64.9 Å². The quantitative estimate of drug-likeness (QED) is 0.320. The molecule has 4 aromatic rings. The number of carbonyl (C=O) groups is 1. The van der Waals surface area contributed by atoms with Crippen molar-refractivity contribution >= 4 is 45.5 Å². The van der Waals surface area contributed by atoms with Crippen LogP contribution < -0.4 is 4.74 Å². The molecular formula is C27H24N2NaO5S. The minimum Gasteiger partial charge on any atom is -0.482 e. The smallest absolute Gasteiger partial charge is 0.341 e. The average molecular weight is 512 g/mol. The second kappa shape index (κ2) is 12.8. The number of benzene rings is 3. The van der Waals surface area contributed by atoms with Crippen LogP contribution in [0.3, 0.4) is 0 Å². The molecule has 0 aliphatic rings. The van der Waals surface area contributed by atoms with Crippen molar-refractivity contribution in [2.45, 2.75) is 18.0 Å². The number of sulfonamides is 1. The number of carboxylic acids is 1. The Kier molecular flexibility index (Phi) is 9.81. The maximum atomic E-state index is 13.5. The van der Waals surface area contributed by atoms with Crippen molar-refractivity contribution in [3.63, 3.8) is 0 Å². The number of aromatic nitrogens is 1. The molecule has 1 N–H and O–H groups in total. The molecule has 0 bridgehead atoms. The van der Waals surface area contributed by atoms with E-state index in [4.69, 9.17) is 9.84 Å². The molecule has 4 rings (SSSR count). The Labute approximate surface area is 232 Å². The van der Waals surface area contributed by atoms with Gasteiger partial charge in [-0.2, -0.15) is 4.31 Å². The second-order valence-corrected chi connectivity index (χ2v) is 9.77. The van der Waals surface area contributed by atoms with Gasteiger partial charge in [-0.1, -0.05) is 60.7 Å². The number of ether oxygens (including phenoxy) is 1. The van der Waals surface area contributed by atoms with E-state index in [0.29, 0.717) is 11.3 Å². The third-order valence-corrected chi connectivity index (χ3v) is 7.08. The Hall–Kier alpha value is -3.01. The fraction of sp³-hybridized carbons (Fsp3) is 0.111. The van der Waals surface area contributed by atoms with Crippen molar-refractivity contribution in [1.82, 2.24) is 9.29 Å². The monoisotopic (exact) mass is 511 g/mol. The summed E-state index contributed by atoms with van der Waals surface area (Å²) in [6, 6.07) is 28.4. The van der Waals surface area contributed by atoms with E-state index in [1.165, 1.54) is 4.31 Å². The van der Waals surface area contributed by atoms with Crippen LogP contribution in [0.1, 0.15) is 11.1 Å². The van der Waals surface area contributed by atoms with Crippen molar-refractivity contribution in [3.05, 3.63) is 114 Å². The van der Waals surface area contributed by atoms with Gasteiger partial charge < -0.3 is 9.84 Å². The Bertz CT molecular complexity index is 1380. The summed E-state index contributed by atoms with van der Waals surface area (Å²) >= 11 is 0. The van der Waals surface area contributed by atoms with Gasteiger partial charge in [-0.25, -0.2) is 13.2 Å². The molecule has 36 heavy (non-hydrogen) atoms. The van der Waals surface area contributed by atoms with E-state index in [9.17, 15) is 13.2 Å². The summed E-state index contributed by atoms with van der Waals surface area (Å²) in [6.45, 7) is -0.235. The molecule has 0 aliphatic heterocycles. The van der Waals surface area contributed by atoms with E-state index >= 15 is 0 Å². The van der Waals surface area contributed by atoms with E-state index in [1.807, 2.05) is 42.5 Å². The van der Waals surface area contributed by atoms with Crippen LogP contribution in [-0.2, 0) is 27.9 Å². The number of aliphatic carboxylic acids is 1. The first-order chi connectivity index (χ1) is 16.9. The fourth-order valence-corrected chi connectivity index (χ4v) is 5.01. The largest absolute Gasteiger partial charge is 0.482 e. The van der Waals surface area contributed by atoms with Crippen LogP contribution >= 0.6 is 0 Å². The van der Waals surface area contributed by atoms with E-state index in [2.05, 4.69) is 4.98 Å². The van der Waals surface area contributed by atoms with Gasteiger partial charge in [0.15, 0.2) is 6.61 Å². The molecule has 0 saturated heterocycles. The van der Waals surface area contributed by atoms with E-state index < -0.39 is 22.6 Å². The number of hydrogen-bond acceptors (Lipinski definition) is 5. The zero-order valence-corrected chi connectivity index (χ0v) is 22.6. The molecule has 0 amide bonds. The minimum atomic E-state index is -3.81. The van der Waals surface area contributed by atoms with Crippen LogP contribution in [0.5, 0.6) is 5.75 Å². The predicted molar refractivity (Wildman–Crippen MR) is 138 cm³/mol. The molecule has 0 aliphatic carbocycles. The summed E-state index contributed by atoms with van der Waals surface area (Å²) in [7, 11) is -3.81. The summed E-state index contributed by atoms with van der Waals surface area (Å²) in [5, 5.41) is 8.86. The standard InChI is InChI=1S/C27H24N2O5S.Na/c30-27(31)20-34-24-8-6-7-22(17-24)19-29(35(32,33)25-9-2-1-3-10-25)18-21-12-14-23(15-13-21)26-11-4-5-16-28-26;/h1-17H,18-20H2,(H,30,31);. The number of pyridine rings is 1. The minimum absolute atomic E-state index is 0. The second-order valence-electron chi connectivity index (χ2n) is 7.83. The van der Waals surface area contributed by atoms with Crippen LogP contribution in [0.15, 0.2) is 108 Å². The molecule has 1 aromatic heterocycles. The van der Waals surface area contributed by atoms with Crippen LogP contribution in [0.4, 0.5) is 0 Å². The van der Waals surface area contributed by atoms with Gasteiger partial charge in [-0.05, 0) is 47.5 Å². The van der Waals surface area contributed by atoms with Gasteiger partial charge in [-0.3, -0.25) is 4.98 Å². The van der Waals surface area contributed by atoms with Crippen molar-refractivity contribution in [3.8, 4) is 17.0 Å². The number of nitrogens with zero attached hydrogens (tertiary/aromatic N) is 2. The molecule has 0 unspecified atom stereocenters. The molecule has 0 fully saturated rings. The van der Waals surface area contributed by atoms with Gasteiger partial charge in [-0.15, -0.1) is 0 Å². The van der Waals surface area contributed by atoms with E-state index in [1.54, 1.807) is 60.8 Å². The molecule has 0 spiro atoms. The molecular weight excluding hydrogens is 487 g/mol. The summed E-state index contributed by atoms with van der Waals surface area (Å²) in [5.41, 5.74) is 3.28. The van der Waals surface area contributed by atoms with E-state index in [0.717, 1.165) is 16.8 Å². The molecule has 3 aromatic carbocycles. The topological polar surface area (TPSA) is 96.8 Å². The van der Waals surface area contributed by atoms with Gasteiger partial charge >= 0.3 is 5.97 Å². The van der Waals surface area contributed by atoms with Gasteiger partial charge in [0, 0.05) is 54.4 Å². The predicted octanol–water partition coefficient (Wildman–Crippen LogP) is 4.22. The van der Waals surface area contributed by atoms with Gasteiger partial charge in [0.25, 0.3) is 0 Å². The molecule has 7 nitrogen and oxygen atoms in total. The van der Waals surface area contributed by atoms with Crippen LogP contribution in [0.2, 0.25) is 0 Å². The third kappa shape index (κ3) is 7.25. The Balaban J connectivity index is 0.00000361. The molecule has 179 valence electrons. The molecule has 1 radical (unpaired) electrons. The first-order valence-corrected chi connectivity index (χ1v) is 12.3. The summed E-state index contributed by atoms with van der Waals surface area (Å²) in [4.78, 5) is 15.4. The van der Waals surface area contributed by atoms with Crippen LogP contribution in [0.25, 0.3) is 11.3 Å².